The fraction of sp³-hybridized carbons (Fsp3) is 0.455. The monoisotopic (exact) mass is 336 g/mol. The van der Waals surface area contributed by atoms with Crippen LogP contribution in [0.25, 0.3) is 0 Å². The maximum absolute atomic E-state index is 11.7. The zero-order valence-corrected chi connectivity index (χ0v) is 15.0. The minimum Gasteiger partial charge on any atom is -0.381 e. The van der Waals surface area contributed by atoms with Gasteiger partial charge in [0.1, 0.15) is 5.60 Å². The van der Waals surface area contributed by atoms with Crippen LogP contribution < -0.4 is 10.6 Å². The van der Waals surface area contributed by atoms with E-state index in [2.05, 4.69) is 59.2 Å². The summed E-state index contributed by atoms with van der Waals surface area (Å²) >= 11 is 0. The average Bonchev–Trinajstić information content (AvgIpc) is 3.35. The van der Waals surface area contributed by atoms with Gasteiger partial charge in [-0.1, -0.05) is 48.5 Å². The Labute approximate surface area is 150 Å². The molecule has 0 aliphatic carbocycles. The molecular weight excluding hydrogens is 308 g/mol. The van der Waals surface area contributed by atoms with Crippen LogP contribution in [0.5, 0.6) is 0 Å². The fourth-order valence-electron chi connectivity index (χ4n) is 4.58. The molecular formula is C22H28N2O. The molecule has 2 atom stereocenters. The lowest BCUT2D eigenvalue weighted by Crippen LogP contribution is -2.28. The minimum atomic E-state index is -0.974. The van der Waals surface area contributed by atoms with E-state index < -0.39 is 5.60 Å². The second-order valence-electron chi connectivity index (χ2n) is 7.63. The van der Waals surface area contributed by atoms with E-state index in [1.165, 1.54) is 11.1 Å². The summed E-state index contributed by atoms with van der Waals surface area (Å²) in [5.41, 5.74) is 3.72. The molecule has 4 rings (SSSR count). The number of rotatable bonds is 4. The molecule has 2 aliphatic heterocycles. The summed E-state index contributed by atoms with van der Waals surface area (Å²) in [5.74, 6) is 0.978. The van der Waals surface area contributed by atoms with Crippen LogP contribution in [-0.4, -0.2) is 31.3 Å². The lowest BCUT2D eigenvalue weighted by Gasteiger charge is -2.32. The summed E-state index contributed by atoms with van der Waals surface area (Å²) in [6.07, 6.45) is 2.28. The van der Waals surface area contributed by atoms with Gasteiger partial charge in [-0.2, -0.15) is 0 Å². The summed E-state index contributed by atoms with van der Waals surface area (Å²) in [6, 6.07) is 16.9. The van der Waals surface area contributed by atoms with Crippen molar-refractivity contribution >= 4 is 0 Å². The Balaban J connectivity index is 1.78. The molecule has 2 fully saturated rings. The summed E-state index contributed by atoms with van der Waals surface area (Å²) in [4.78, 5) is 0. The van der Waals surface area contributed by atoms with Crippen LogP contribution in [-0.2, 0) is 5.60 Å². The Morgan fingerprint density at radius 2 is 1.24 bits per heavy atom. The highest BCUT2D eigenvalue weighted by molar-refractivity contribution is 5.46. The molecule has 2 saturated heterocycles. The van der Waals surface area contributed by atoms with Gasteiger partial charge in [-0.3, -0.25) is 0 Å². The van der Waals surface area contributed by atoms with Gasteiger partial charge in [0.2, 0.25) is 0 Å². The number of hydrogen-bond acceptors (Lipinski definition) is 3. The highest BCUT2D eigenvalue weighted by Gasteiger charge is 2.34. The van der Waals surface area contributed by atoms with Crippen LogP contribution in [0.3, 0.4) is 0 Å². The number of benzene rings is 2. The van der Waals surface area contributed by atoms with Crippen LogP contribution in [0.2, 0.25) is 0 Å². The highest BCUT2D eigenvalue weighted by atomic mass is 16.3. The molecule has 2 aromatic carbocycles. The Morgan fingerprint density at radius 1 is 0.800 bits per heavy atom. The van der Waals surface area contributed by atoms with Gasteiger partial charge in [0.25, 0.3) is 0 Å². The van der Waals surface area contributed by atoms with Gasteiger partial charge in [0.05, 0.1) is 0 Å². The normalized spacial score (nSPS) is 25.8. The van der Waals surface area contributed by atoms with Crippen LogP contribution in [0.1, 0.15) is 53.9 Å². The fourth-order valence-corrected chi connectivity index (χ4v) is 4.58. The van der Waals surface area contributed by atoms with Crippen molar-refractivity contribution in [2.24, 2.45) is 0 Å². The first kappa shape index (κ1) is 16.8. The topological polar surface area (TPSA) is 44.3 Å². The van der Waals surface area contributed by atoms with E-state index in [1.54, 1.807) is 0 Å². The zero-order chi connectivity index (χ0) is 17.3. The largest absolute Gasteiger partial charge is 0.381 e. The average molecular weight is 336 g/mol. The van der Waals surface area contributed by atoms with Crippen molar-refractivity contribution in [1.82, 2.24) is 10.6 Å². The first-order valence-corrected chi connectivity index (χ1v) is 9.50. The molecule has 2 heterocycles. The van der Waals surface area contributed by atoms with Gasteiger partial charge in [0.15, 0.2) is 0 Å². The van der Waals surface area contributed by atoms with Gasteiger partial charge in [-0.05, 0) is 66.9 Å². The molecule has 2 aromatic rings. The van der Waals surface area contributed by atoms with Gasteiger partial charge in [0, 0.05) is 13.1 Å². The van der Waals surface area contributed by atoms with Gasteiger partial charge < -0.3 is 15.7 Å². The van der Waals surface area contributed by atoms with Crippen LogP contribution in [0, 0.1) is 0 Å². The number of hydrogen-bond donors (Lipinski definition) is 3. The molecule has 3 heteroatoms. The third kappa shape index (κ3) is 3.12. The van der Waals surface area contributed by atoms with Crippen LogP contribution in [0.4, 0.5) is 0 Å². The van der Waals surface area contributed by atoms with Gasteiger partial charge in [-0.25, -0.2) is 0 Å². The van der Waals surface area contributed by atoms with Crippen molar-refractivity contribution < 1.29 is 5.11 Å². The summed E-state index contributed by atoms with van der Waals surface area (Å²) < 4.78 is 0. The van der Waals surface area contributed by atoms with E-state index in [9.17, 15) is 5.11 Å². The molecule has 3 nitrogen and oxygen atoms in total. The summed E-state index contributed by atoms with van der Waals surface area (Å²) in [6.45, 7) is 6.09. The second-order valence-corrected chi connectivity index (χ2v) is 7.63. The molecule has 2 aliphatic rings. The smallest absolute Gasteiger partial charge is 0.112 e. The molecule has 0 amide bonds. The molecule has 0 bridgehead atoms. The molecule has 0 aromatic heterocycles. The van der Waals surface area contributed by atoms with Crippen LogP contribution in [0.15, 0.2) is 48.5 Å². The minimum absolute atomic E-state index is 0.489. The van der Waals surface area contributed by atoms with Crippen molar-refractivity contribution in [3.8, 4) is 0 Å². The quantitative estimate of drug-likeness (QED) is 0.804. The predicted octanol–water partition coefficient (Wildman–Crippen LogP) is 3.10. The lowest BCUT2D eigenvalue weighted by molar-refractivity contribution is 0.0994. The molecule has 2 unspecified atom stereocenters. The van der Waals surface area contributed by atoms with E-state index in [-0.39, 0.29) is 0 Å². The van der Waals surface area contributed by atoms with Gasteiger partial charge >= 0.3 is 0 Å². The second kappa shape index (κ2) is 6.91. The van der Waals surface area contributed by atoms with E-state index in [0.29, 0.717) is 11.8 Å². The SMILES string of the molecule is CC(O)(c1ccccc1C1CCNC1)c1ccccc1C1CCNC1. The van der Waals surface area contributed by atoms with E-state index in [0.717, 1.165) is 50.1 Å². The first-order chi connectivity index (χ1) is 12.2. The third-order valence-electron chi connectivity index (χ3n) is 5.97. The van der Waals surface area contributed by atoms with Crippen molar-refractivity contribution in [2.75, 3.05) is 26.2 Å². The number of nitrogens with one attached hydrogen (secondary N) is 2. The standard InChI is InChI=1S/C22H28N2O/c1-22(25,20-8-4-2-6-18(20)16-10-12-23-14-16)21-9-5-3-7-19(21)17-11-13-24-15-17/h2-9,16-17,23-25H,10-15H2,1H3. The van der Waals surface area contributed by atoms with E-state index >= 15 is 0 Å². The Hall–Kier alpha value is -1.68. The maximum Gasteiger partial charge on any atom is 0.112 e. The Kier molecular flexibility index (Phi) is 4.63. The Morgan fingerprint density at radius 3 is 1.64 bits per heavy atom. The van der Waals surface area contributed by atoms with Crippen molar-refractivity contribution in [3.63, 3.8) is 0 Å². The molecule has 0 radical (unpaired) electrons. The van der Waals surface area contributed by atoms with E-state index in [1.807, 2.05) is 6.92 Å². The summed E-state index contributed by atoms with van der Waals surface area (Å²) in [7, 11) is 0. The Bertz CT molecular complexity index is 667. The van der Waals surface area contributed by atoms with Crippen LogP contribution >= 0.6 is 0 Å². The van der Waals surface area contributed by atoms with Crippen molar-refractivity contribution in [1.29, 1.82) is 0 Å². The van der Waals surface area contributed by atoms with E-state index in [4.69, 9.17) is 0 Å². The molecule has 0 saturated carbocycles. The predicted molar refractivity (Wildman–Crippen MR) is 102 cm³/mol. The van der Waals surface area contributed by atoms with Gasteiger partial charge in [-0.15, -0.1) is 0 Å². The maximum atomic E-state index is 11.7. The molecule has 132 valence electrons. The first-order valence-electron chi connectivity index (χ1n) is 9.50. The zero-order valence-electron chi connectivity index (χ0n) is 15.0. The van der Waals surface area contributed by atoms with Crippen molar-refractivity contribution in [3.05, 3.63) is 70.8 Å². The lowest BCUT2D eigenvalue weighted by atomic mass is 9.77. The highest BCUT2D eigenvalue weighted by Crippen LogP contribution is 2.40. The van der Waals surface area contributed by atoms with Crippen molar-refractivity contribution in [2.45, 2.75) is 37.2 Å². The third-order valence-corrected chi connectivity index (χ3v) is 5.97. The summed E-state index contributed by atoms with van der Waals surface area (Å²) in [5, 5.41) is 18.6. The molecule has 25 heavy (non-hydrogen) atoms. The molecule has 0 spiro atoms. The number of aliphatic hydroxyl groups is 1. The molecule has 3 N–H and O–H groups in total.